The van der Waals surface area contributed by atoms with Crippen LogP contribution in [0.5, 0.6) is 5.75 Å². The van der Waals surface area contributed by atoms with E-state index in [4.69, 9.17) is 14.9 Å². The average molecular weight is 408 g/mol. The number of nitrogens with zero attached hydrogens (tertiary/aromatic N) is 6. The molecule has 0 aliphatic carbocycles. The summed E-state index contributed by atoms with van der Waals surface area (Å²) in [6.45, 7) is 2.42. The van der Waals surface area contributed by atoms with E-state index >= 15 is 0 Å². The number of hydrogen-bond donors (Lipinski definition) is 2. The van der Waals surface area contributed by atoms with E-state index in [9.17, 15) is 4.79 Å². The maximum atomic E-state index is 12.7. The Hall–Kier alpha value is -4.48. The summed E-state index contributed by atoms with van der Waals surface area (Å²) in [7, 11) is 0. The summed E-state index contributed by atoms with van der Waals surface area (Å²) in [6.07, 6.45) is 4.41. The highest BCUT2D eigenvalue weighted by Crippen LogP contribution is 2.28. The number of anilines is 1. The standard InChI is InChI=1S/C18H16N8O4/c1-2-29-13-5-3-12(4-6-13)15-14(18(27)22-20-9-11-7-8-28-10-11)21-25-26(15)17-16(19)23-30-24-17/h3-10H,2H2,1H3,(H2,19,23)(H,22,27)/b20-9-. The third-order valence-electron chi connectivity index (χ3n) is 3.94. The van der Waals surface area contributed by atoms with Gasteiger partial charge in [-0.25, -0.2) is 10.1 Å². The van der Waals surface area contributed by atoms with E-state index in [1.165, 1.54) is 23.4 Å². The van der Waals surface area contributed by atoms with Crippen molar-refractivity contribution in [3.05, 3.63) is 54.1 Å². The zero-order chi connectivity index (χ0) is 20.9. The molecule has 0 fully saturated rings. The van der Waals surface area contributed by atoms with Crippen molar-refractivity contribution in [2.24, 2.45) is 5.10 Å². The van der Waals surface area contributed by atoms with Crippen LogP contribution in [0, 0.1) is 0 Å². The molecule has 12 nitrogen and oxygen atoms in total. The molecule has 0 unspecified atom stereocenters. The van der Waals surface area contributed by atoms with Gasteiger partial charge in [0.1, 0.15) is 11.4 Å². The van der Waals surface area contributed by atoms with Crippen LogP contribution in [0.25, 0.3) is 17.1 Å². The Kier molecular flexibility index (Phi) is 5.19. The molecule has 0 aliphatic heterocycles. The number of hydrazone groups is 1. The summed E-state index contributed by atoms with van der Waals surface area (Å²) in [5.41, 5.74) is 9.85. The smallest absolute Gasteiger partial charge is 0.294 e. The molecule has 0 aliphatic rings. The first-order valence-electron chi connectivity index (χ1n) is 8.80. The quantitative estimate of drug-likeness (QED) is 0.342. The van der Waals surface area contributed by atoms with Crippen LogP contribution < -0.4 is 15.9 Å². The van der Waals surface area contributed by atoms with E-state index in [1.54, 1.807) is 30.3 Å². The largest absolute Gasteiger partial charge is 0.494 e. The Morgan fingerprint density at radius 2 is 2.13 bits per heavy atom. The summed E-state index contributed by atoms with van der Waals surface area (Å²) < 4.78 is 16.3. The summed E-state index contributed by atoms with van der Waals surface area (Å²) in [6, 6.07) is 8.74. The third-order valence-corrected chi connectivity index (χ3v) is 3.94. The van der Waals surface area contributed by atoms with E-state index in [1.807, 2.05) is 6.92 Å². The van der Waals surface area contributed by atoms with Gasteiger partial charge in [0.15, 0.2) is 5.69 Å². The molecule has 152 valence electrons. The van der Waals surface area contributed by atoms with E-state index in [0.717, 1.165) is 0 Å². The fourth-order valence-corrected chi connectivity index (χ4v) is 2.62. The van der Waals surface area contributed by atoms with Crippen LogP contribution in [-0.4, -0.2) is 44.0 Å². The normalized spacial score (nSPS) is 11.1. The Balaban J connectivity index is 1.70. The van der Waals surface area contributed by atoms with Gasteiger partial charge in [-0.1, -0.05) is 5.21 Å². The van der Waals surface area contributed by atoms with Crippen LogP contribution in [-0.2, 0) is 0 Å². The molecular weight excluding hydrogens is 392 g/mol. The molecule has 0 atom stereocenters. The number of carbonyl (C=O) groups is 1. The number of amides is 1. The Morgan fingerprint density at radius 3 is 2.80 bits per heavy atom. The number of furan rings is 1. The van der Waals surface area contributed by atoms with Gasteiger partial charge in [-0.15, -0.1) is 5.10 Å². The topological polar surface area (TPSA) is 159 Å². The lowest BCUT2D eigenvalue weighted by Gasteiger charge is -2.07. The number of rotatable bonds is 7. The fraction of sp³-hybridized carbons (Fsp3) is 0.111. The molecule has 3 aromatic heterocycles. The summed E-state index contributed by atoms with van der Waals surface area (Å²) >= 11 is 0. The van der Waals surface area contributed by atoms with Crippen LogP contribution in [0.2, 0.25) is 0 Å². The van der Waals surface area contributed by atoms with E-state index in [0.29, 0.717) is 29.2 Å². The number of carbonyl (C=O) groups excluding carboxylic acids is 1. The van der Waals surface area contributed by atoms with Gasteiger partial charge in [0.2, 0.25) is 11.6 Å². The molecule has 12 heteroatoms. The third kappa shape index (κ3) is 3.73. The van der Waals surface area contributed by atoms with Crippen LogP contribution in [0.1, 0.15) is 23.0 Å². The van der Waals surface area contributed by atoms with E-state index < -0.39 is 5.91 Å². The van der Waals surface area contributed by atoms with Crippen LogP contribution in [0.4, 0.5) is 5.82 Å². The summed E-state index contributed by atoms with van der Waals surface area (Å²) in [5, 5.41) is 19.2. The van der Waals surface area contributed by atoms with Crippen LogP contribution in [0.15, 0.2) is 57.0 Å². The lowest BCUT2D eigenvalue weighted by atomic mass is 10.1. The second-order valence-electron chi connectivity index (χ2n) is 5.88. The minimum atomic E-state index is -0.583. The van der Waals surface area contributed by atoms with Crippen molar-refractivity contribution in [1.29, 1.82) is 0 Å². The maximum absolute atomic E-state index is 12.7. The lowest BCUT2D eigenvalue weighted by Crippen LogP contribution is -2.19. The number of aromatic nitrogens is 5. The van der Waals surface area contributed by atoms with Gasteiger partial charge in [0, 0.05) is 11.1 Å². The van der Waals surface area contributed by atoms with Gasteiger partial charge in [0.05, 0.1) is 25.3 Å². The van der Waals surface area contributed by atoms with Crippen LogP contribution in [0.3, 0.4) is 0 Å². The molecule has 4 aromatic rings. The van der Waals surface area contributed by atoms with Gasteiger partial charge in [0.25, 0.3) is 5.91 Å². The average Bonchev–Trinajstić information content (AvgIpc) is 3.49. The number of benzene rings is 1. The van der Waals surface area contributed by atoms with E-state index in [2.05, 4.69) is 35.8 Å². The first kappa shape index (κ1) is 18.9. The SMILES string of the molecule is CCOc1ccc(-c2c(C(=O)N/N=C\c3ccoc3)nnn2-c2nonc2N)cc1. The molecule has 0 saturated carbocycles. The number of nitrogen functional groups attached to an aromatic ring is 1. The van der Waals surface area contributed by atoms with Crippen molar-refractivity contribution in [3.8, 4) is 22.8 Å². The second-order valence-corrected chi connectivity index (χ2v) is 5.88. The summed E-state index contributed by atoms with van der Waals surface area (Å²) in [5.74, 6) is 0.197. The predicted octanol–water partition coefficient (Wildman–Crippen LogP) is 1.66. The van der Waals surface area contributed by atoms with Crippen molar-refractivity contribution in [2.75, 3.05) is 12.3 Å². The Morgan fingerprint density at radius 1 is 1.30 bits per heavy atom. The van der Waals surface area contributed by atoms with Gasteiger partial charge in [-0.3, -0.25) is 4.79 Å². The van der Waals surface area contributed by atoms with Crippen molar-refractivity contribution >= 4 is 17.9 Å². The molecule has 0 spiro atoms. The molecule has 1 amide bonds. The second kappa shape index (κ2) is 8.26. The molecule has 0 radical (unpaired) electrons. The highest BCUT2D eigenvalue weighted by molar-refractivity contribution is 5.98. The highest BCUT2D eigenvalue weighted by atomic mass is 16.6. The molecule has 1 aromatic carbocycles. The molecule has 3 heterocycles. The van der Waals surface area contributed by atoms with Gasteiger partial charge in [-0.05, 0) is 47.6 Å². The lowest BCUT2D eigenvalue weighted by molar-refractivity contribution is 0.0950. The number of ether oxygens (including phenoxy) is 1. The fourth-order valence-electron chi connectivity index (χ4n) is 2.62. The van der Waals surface area contributed by atoms with Crippen molar-refractivity contribution in [2.45, 2.75) is 6.92 Å². The minimum absolute atomic E-state index is 0.00276. The monoisotopic (exact) mass is 408 g/mol. The van der Waals surface area contributed by atoms with Gasteiger partial charge in [-0.2, -0.15) is 9.78 Å². The van der Waals surface area contributed by atoms with Crippen molar-refractivity contribution in [1.82, 2.24) is 30.7 Å². The zero-order valence-electron chi connectivity index (χ0n) is 15.7. The summed E-state index contributed by atoms with van der Waals surface area (Å²) in [4.78, 5) is 12.7. The molecule has 30 heavy (non-hydrogen) atoms. The number of nitrogens with one attached hydrogen (secondary N) is 1. The molecular formula is C18H16N8O4. The first-order valence-corrected chi connectivity index (χ1v) is 8.80. The Bertz CT molecular complexity index is 1160. The van der Waals surface area contributed by atoms with Crippen LogP contribution >= 0.6 is 0 Å². The first-order chi connectivity index (χ1) is 14.7. The van der Waals surface area contributed by atoms with Crippen molar-refractivity contribution < 1.29 is 18.6 Å². The zero-order valence-corrected chi connectivity index (χ0v) is 15.7. The number of nitrogens with two attached hydrogens (primary N) is 1. The number of hydrogen-bond acceptors (Lipinski definition) is 10. The Labute approximate surface area is 169 Å². The molecule has 4 rings (SSSR count). The predicted molar refractivity (Wildman–Crippen MR) is 104 cm³/mol. The minimum Gasteiger partial charge on any atom is -0.494 e. The highest BCUT2D eigenvalue weighted by Gasteiger charge is 2.25. The molecule has 3 N–H and O–H groups in total. The van der Waals surface area contributed by atoms with Gasteiger partial charge >= 0.3 is 0 Å². The molecule has 0 saturated heterocycles. The van der Waals surface area contributed by atoms with Crippen molar-refractivity contribution in [3.63, 3.8) is 0 Å². The molecule has 0 bridgehead atoms. The van der Waals surface area contributed by atoms with Gasteiger partial charge < -0.3 is 14.9 Å². The van der Waals surface area contributed by atoms with E-state index in [-0.39, 0.29) is 17.3 Å². The maximum Gasteiger partial charge on any atom is 0.294 e.